The van der Waals surface area contributed by atoms with Gasteiger partial charge in [0.1, 0.15) is 0 Å². The van der Waals surface area contributed by atoms with Gasteiger partial charge in [-0.3, -0.25) is 9.78 Å². The van der Waals surface area contributed by atoms with Crippen molar-refractivity contribution in [2.75, 3.05) is 12.3 Å². The highest BCUT2D eigenvalue weighted by Gasteiger charge is 2.18. The first-order valence-corrected chi connectivity index (χ1v) is 7.91. The lowest BCUT2D eigenvalue weighted by atomic mass is 10.1. The Morgan fingerprint density at radius 2 is 2.24 bits per heavy atom. The number of aliphatic hydroxyl groups is 1. The van der Waals surface area contributed by atoms with Crippen LogP contribution in [0.5, 0.6) is 0 Å². The number of nitrogens with zero attached hydrogens (tertiary/aromatic N) is 2. The molecule has 25 heavy (non-hydrogen) atoms. The molecule has 5 N–H and O–H groups in total. The topological polar surface area (TPSA) is 128 Å². The fraction of sp³-hybridized carbons (Fsp3) is 0.278. The Labute approximate surface area is 144 Å². The van der Waals surface area contributed by atoms with Crippen LogP contribution >= 0.6 is 0 Å². The second-order valence-electron chi connectivity index (χ2n) is 6.62. The molecular formula is C18H19N5O2. The van der Waals surface area contributed by atoms with E-state index in [9.17, 15) is 9.90 Å². The fourth-order valence-electron chi connectivity index (χ4n) is 2.67. The van der Waals surface area contributed by atoms with E-state index in [0.29, 0.717) is 35.2 Å². The molecule has 0 unspecified atom stereocenters. The summed E-state index contributed by atoms with van der Waals surface area (Å²) in [7, 11) is 0. The lowest BCUT2D eigenvalue weighted by Crippen LogP contribution is -2.31. The van der Waals surface area contributed by atoms with Crippen molar-refractivity contribution in [2.45, 2.75) is 25.9 Å². The lowest BCUT2D eigenvalue weighted by molar-refractivity contribution is 0.0693. The number of hydrogen-bond donors (Lipinski definition) is 4. The van der Waals surface area contributed by atoms with Crippen molar-refractivity contribution in [1.29, 1.82) is 5.26 Å². The van der Waals surface area contributed by atoms with Crippen LogP contribution in [-0.2, 0) is 0 Å². The highest BCUT2D eigenvalue weighted by molar-refractivity contribution is 6.13. The van der Waals surface area contributed by atoms with Gasteiger partial charge < -0.3 is 21.1 Å². The average Bonchev–Trinajstić information content (AvgIpc) is 2.92. The molecule has 0 saturated carbocycles. The number of aromatic amines is 1. The van der Waals surface area contributed by atoms with E-state index in [-0.39, 0.29) is 11.5 Å². The molecule has 0 bridgehead atoms. The molecule has 0 radical (unpaired) electrons. The maximum Gasteiger partial charge on any atom is 0.255 e. The van der Waals surface area contributed by atoms with Gasteiger partial charge in [0.05, 0.1) is 39.5 Å². The summed E-state index contributed by atoms with van der Waals surface area (Å²) in [5.41, 5.74) is 8.39. The van der Waals surface area contributed by atoms with E-state index >= 15 is 0 Å². The van der Waals surface area contributed by atoms with Crippen LogP contribution in [0.1, 0.15) is 36.2 Å². The second kappa shape index (κ2) is 6.07. The number of carbonyl (C=O) groups excluding carboxylic acids is 1. The Hall–Kier alpha value is -3.11. The van der Waals surface area contributed by atoms with Crippen molar-refractivity contribution in [2.24, 2.45) is 0 Å². The molecule has 0 aliphatic rings. The molecule has 0 aliphatic carbocycles. The minimum atomic E-state index is -0.851. The van der Waals surface area contributed by atoms with E-state index in [1.54, 1.807) is 26.0 Å². The molecule has 0 aliphatic heterocycles. The summed E-state index contributed by atoms with van der Waals surface area (Å²) in [5, 5.41) is 22.3. The summed E-state index contributed by atoms with van der Waals surface area (Å²) in [5.74, 6) is -0.340. The summed E-state index contributed by atoms with van der Waals surface area (Å²) < 4.78 is 0. The minimum absolute atomic E-state index is 0.273. The summed E-state index contributed by atoms with van der Waals surface area (Å²) in [6, 6.07) is 7.33. The first-order valence-electron chi connectivity index (χ1n) is 7.91. The van der Waals surface area contributed by atoms with Gasteiger partial charge in [0.25, 0.3) is 5.91 Å². The van der Waals surface area contributed by atoms with Gasteiger partial charge in [-0.25, -0.2) is 0 Å². The van der Waals surface area contributed by atoms with Crippen molar-refractivity contribution < 1.29 is 9.90 Å². The van der Waals surface area contributed by atoms with Crippen molar-refractivity contribution in [3.8, 4) is 6.07 Å². The summed E-state index contributed by atoms with van der Waals surface area (Å²) >= 11 is 0. The number of nitrogen functional groups attached to an aromatic ring is 1. The molecule has 0 saturated heterocycles. The number of pyridine rings is 1. The summed E-state index contributed by atoms with van der Waals surface area (Å²) in [4.78, 5) is 19.8. The smallest absolute Gasteiger partial charge is 0.255 e. The van der Waals surface area contributed by atoms with Gasteiger partial charge in [0.15, 0.2) is 0 Å². The highest BCUT2D eigenvalue weighted by Crippen LogP contribution is 2.29. The van der Waals surface area contributed by atoms with Crippen LogP contribution in [0.2, 0.25) is 0 Å². The minimum Gasteiger partial charge on any atom is -0.396 e. The Morgan fingerprint density at radius 1 is 1.48 bits per heavy atom. The van der Waals surface area contributed by atoms with Gasteiger partial charge in [-0.05, 0) is 38.5 Å². The van der Waals surface area contributed by atoms with E-state index < -0.39 is 5.60 Å². The Bertz CT molecular complexity index is 1010. The third-order valence-corrected chi connectivity index (χ3v) is 4.05. The van der Waals surface area contributed by atoms with Crippen LogP contribution in [0, 0.1) is 11.3 Å². The van der Waals surface area contributed by atoms with Gasteiger partial charge in [0.2, 0.25) is 0 Å². The number of aromatic nitrogens is 2. The van der Waals surface area contributed by atoms with Gasteiger partial charge in [-0.1, -0.05) is 0 Å². The Morgan fingerprint density at radius 3 is 2.92 bits per heavy atom. The summed E-state index contributed by atoms with van der Waals surface area (Å²) in [6.07, 6.45) is 1.88. The maximum absolute atomic E-state index is 12.3. The van der Waals surface area contributed by atoms with Crippen LogP contribution in [0.4, 0.5) is 5.69 Å². The van der Waals surface area contributed by atoms with Gasteiger partial charge in [-0.2, -0.15) is 5.26 Å². The van der Waals surface area contributed by atoms with Crippen LogP contribution in [0.15, 0.2) is 24.4 Å². The normalized spacial score (nSPS) is 11.6. The van der Waals surface area contributed by atoms with Crippen LogP contribution in [-0.4, -0.2) is 33.1 Å². The lowest BCUT2D eigenvalue weighted by Gasteiger charge is -2.17. The number of fused-ring (bicyclic) bond motifs is 3. The SMILES string of the molecule is CC(C)(O)CCNC(=O)c1cnc2c([nH]c3cc(C#N)ccc32)c1N. The summed E-state index contributed by atoms with van der Waals surface area (Å²) in [6.45, 7) is 3.69. The second-order valence-corrected chi connectivity index (χ2v) is 6.62. The fourth-order valence-corrected chi connectivity index (χ4v) is 2.67. The first-order chi connectivity index (χ1) is 11.8. The quantitative estimate of drug-likeness (QED) is 0.579. The van der Waals surface area contributed by atoms with Crippen molar-refractivity contribution in [3.05, 3.63) is 35.5 Å². The van der Waals surface area contributed by atoms with Crippen molar-refractivity contribution >= 4 is 33.5 Å². The van der Waals surface area contributed by atoms with Gasteiger partial charge in [0, 0.05) is 23.6 Å². The maximum atomic E-state index is 12.3. The molecule has 3 aromatic rings. The molecule has 2 aromatic heterocycles. The van der Waals surface area contributed by atoms with Crippen LogP contribution < -0.4 is 11.1 Å². The van der Waals surface area contributed by atoms with Crippen LogP contribution in [0.25, 0.3) is 21.9 Å². The number of carbonyl (C=O) groups is 1. The molecule has 128 valence electrons. The number of nitriles is 1. The molecule has 0 fully saturated rings. The average molecular weight is 337 g/mol. The molecule has 0 spiro atoms. The predicted molar refractivity (Wildman–Crippen MR) is 96.0 cm³/mol. The third kappa shape index (κ3) is 3.25. The van der Waals surface area contributed by atoms with E-state index in [1.807, 2.05) is 6.07 Å². The Kier molecular flexibility index (Phi) is 4.07. The highest BCUT2D eigenvalue weighted by atomic mass is 16.3. The zero-order valence-electron chi connectivity index (χ0n) is 14.1. The molecule has 2 heterocycles. The molecule has 7 heteroatoms. The van der Waals surface area contributed by atoms with Gasteiger partial charge in [-0.15, -0.1) is 0 Å². The number of benzene rings is 1. The van der Waals surface area contributed by atoms with Crippen molar-refractivity contribution in [3.63, 3.8) is 0 Å². The zero-order chi connectivity index (χ0) is 18.2. The van der Waals surface area contributed by atoms with Crippen molar-refractivity contribution in [1.82, 2.24) is 15.3 Å². The monoisotopic (exact) mass is 337 g/mol. The standard InChI is InChI=1S/C18H19N5O2/c1-18(2,25)5-6-21-17(24)12-9-22-15-11-4-3-10(8-19)7-13(11)23-16(15)14(12)20/h3-4,7,9,23,25H,5-6H2,1-2H3,(H2,20,22)(H,21,24). The number of amides is 1. The van der Waals surface area contributed by atoms with Crippen LogP contribution in [0.3, 0.4) is 0 Å². The molecule has 3 rings (SSSR count). The van der Waals surface area contributed by atoms with E-state index in [0.717, 1.165) is 10.9 Å². The van der Waals surface area contributed by atoms with E-state index in [2.05, 4.69) is 21.4 Å². The zero-order valence-corrected chi connectivity index (χ0v) is 14.1. The largest absolute Gasteiger partial charge is 0.396 e. The molecule has 1 amide bonds. The van der Waals surface area contributed by atoms with Gasteiger partial charge >= 0.3 is 0 Å². The predicted octanol–water partition coefficient (Wildman–Crippen LogP) is 2.06. The number of nitrogens with two attached hydrogens (primary N) is 1. The third-order valence-electron chi connectivity index (χ3n) is 4.05. The molecule has 7 nitrogen and oxygen atoms in total. The number of anilines is 1. The number of nitrogens with one attached hydrogen (secondary N) is 2. The molecular weight excluding hydrogens is 318 g/mol. The molecule has 1 aromatic carbocycles. The van der Waals surface area contributed by atoms with E-state index in [1.165, 1.54) is 6.20 Å². The Balaban J connectivity index is 1.95. The molecule has 0 atom stereocenters. The number of hydrogen-bond acceptors (Lipinski definition) is 5. The number of rotatable bonds is 4. The number of H-pyrrole nitrogens is 1. The first kappa shape index (κ1) is 16.7. The van der Waals surface area contributed by atoms with E-state index in [4.69, 9.17) is 11.0 Å².